The number of H-pyrrole nitrogens is 1. The van der Waals surface area contributed by atoms with Crippen molar-refractivity contribution in [2.24, 2.45) is 17.3 Å². The van der Waals surface area contributed by atoms with E-state index >= 15 is 0 Å². The molecule has 2 heterocycles. The molecule has 4 saturated carbocycles. The summed E-state index contributed by atoms with van der Waals surface area (Å²) in [6, 6.07) is 0. The number of aromatic nitrogens is 4. The normalized spacial score (nSPS) is 39.5. The van der Waals surface area contributed by atoms with Gasteiger partial charge in [-0.3, -0.25) is 9.78 Å². The van der Waals surface area contributed by atoms with Crippen molar-refractivity contribution < 1.29 is 4.63 Å². The zero-order valence-corrected chi connectivity index (χ0v) is 12.6. The summed E-state index contributed by atoms with van der Waals surface area (Å²) in [5, 5.41) is 10.8. The summed E-state index contributed by atoms with van der Waals surface area (Å²) in [5.74, 6) is 1.93. The van der Waals surface area contributed by atoms with Crippen molar-refractivity contribution in [3.05, 3.63) is 10.4 Å². The summed E-state index contributed by atoms with van der Waals surface area (Å²) in [4.78, 5) is 19.2. The topological polar surface area (TPSA) is 96.7 Å². The Bertz CT molecular complexity index is 796. The third-order valence-electron chi connectivity index (χ3n) is 5.87. The molecule has 0 aliphatic heterocycles. The third kappa shape index (κ3) is 1.74. The molecule has 2 aromatic heterocycles. The molecule has 4 bridgehead atoms. The van der Waals surface area contributed by atoms with E-state index in [0.29, 0.717) is 22.5 Å². The summed E-state index contributed by atoms with van der Waals surface area (Å²) in [6.45, 7) is 2.41. The second-order valence-electron chi connectivity index (χ2n) is 8.03. The Morgan fingerprint density at radius 1 is 1.23 bits per heavy atom. The fourth-order valence-electron chi connectivity index (χ4n) is 5.86. The fraction of sp³-hybridized carbons (Fsp3) is 0.733. The highest BCUT2D eigenvalue weighted by atomic mass is 16.6. The lowest BCUT2D eigenvalue weighted by Gasteiger charge is -2.61. The number of aromatic amines is 1. The monoisotopic (exact) mass is 301 g/mol. The zero-order chi connectivity index (χ0) is 14.9. The highest BCUT2D eigenvalue weighted by molar-refractivity contribution is 5.65. The second-order valence-corrected chi connectivity index (χ2v) is 8.03. The summed E-state index contributed by atoms with van der Waals surface area (Å²) < 4.78 is 4.62. The van der Waals surface area contributed by atoms with Gasteiger partial charge in [-0.05, 0) is 66.1 Å². The van der Waals surface area contributed by atoms with Crippen LogP contribution < -0.4 is 10.9 Å². The molecule has 4 aliphatic carbocycles. The second kappa shape index (κ2) is 3.88. The van der Waals surface area contributed by atoms with Gasteiger partial charge in [-0.2, -0.15) is 4.98 Å². The Morgan fingerprint density at radius 2 is 2.00 bits per heavy atom. The highest BCUT2D eigenvalue weighted by Crippen LogP contribution is 2.61. The molecule has 2 atom stereocenters. The fourth-order valence-corrected chi connectivity index (χ4v) is 5.86. The molecule has 0 spiro atoms. The molecule has 4 fully saturated rings. The molecule has 0 saturated heterocycles. The van der Waals surface area contributed by atoms with Gasteiger partial charge >= 0.3 is 0 Å². The van der Waals surface area contributed by atoms with Gasteiger partial charge in [0, 0.05) is 5.54 Å². The Morgan fingerprint density at radius 3 is 2.73 bits per heavy atom. The molecular weight excluding hydrogens is 282 g/mol. The molecule has 22 heavy (non-hydrogen) atoms. The standard InChI is InChI=1S/C15H19N5O2/c1-14-3-8-2-9(4-14)6-15(5-8,7-14)18-12-13(21)17-11-10(16-12)19-22-20-11/h8-9H,2-7H2,1H3,(H,16,18,19)(H,17,20,21). The quantitative estimate of drug-likeness (QED) is 0.881. The van der Waals surface area contributed by atoms with E-state index in [-0.39, 0.29) is 11.1 Å². The van der Waals surface area contributed by atoms with Gasteiger partial charge in [0.15, 0.2) is 5.82 Å². The summed E-state index contributed by atoms with van der Waals surface area (Å²) >= 11 is 0. The van der Waals surface area contributed by atoms with Crippen LogP contribution in [0.2, 0.25) is 0 Å². The number of nitrogens with one attached hydrogen (secondary N) is 2. The average molecular weight is 301 g/mol. The van der Waals surface area contributed by atoms with E-state index in [2.05, 4.69) is 37.2 Å². The molecule has 7 nitrogen and oxygen atoms in total. The molecule has 0 amide bonds. The van der Waals surface area contributed by atoms with Crippen LogP contribution in [-0.2, 0) is 0 Å². The number of hydrogen-bond acceptors (Lipinski definition) is 6. The van der Waals surface area contributed by atoms with E-state index in [0.717, 1.165) is 31.1 Å². The molecule has 0 radical (unpaired) electrons. The molecule has 7 heteroatoms. The van der Waals surface area contributed by atoms with Crippen molar-refractivity contribution in [1.82, 2.24) is 20.3 Å². The molecule has 2 aromatic rings. The SMILES string of the molecule is CC12CC3CC(C1)CC(Nc1nc4nonc4[nH]c1=O)(C3)C2. The van der Waals surface area contributed by atoms with E-state index < -0.39 is 0 Å². The summed E-state index contributed by atoms with van der Waals surface area (Å²) in [7, 11) is 0. The Labute approximate surface area is 126 Å². The van der Waals surface area contributed by atoms with Crippen molar-refractivity contribution in [3.63, 3.8) is 0 Å². The van der Waals surface area contributed by atoms with Crippen LogP contribution in [0.15, 0.2) is 9.42 Å². The van der Waals surface area contributed by atoms with Crippen LogP contribution in [0.5, 0.6) is 0 Å². The minimum atomic E-state index is -0.246. The van der Waals surface area contributed by atoms with Gasteiger partial charge in [0.1, 0.15) is 0 Å². The van der Waals surface area contributed by atoms with Crippen molar-refractivity contribution in [3.8, 4) is 0 Å². The average Bonchev–Trinajstić information content (AvgIpc) is 2.82. The maximum absolute atomic E-state index is 12.2. The van der Waals surface area contributed by atoms with Crippen LogP contribution in [0.1, 0.15) is 45.4 Å². The predicted molar refractivity (Wildman–Crippen MR) is 79.4 cm³/mol. The van der Waals surface area contributed by atoms with E-state index in [1.165, 1.54) is 19.3 Å². The van der Waals surface area contributed by atoms with E-state index in [1.807, 2.05) is 0 Å². The molecular formula is C15H19N5O2. The van der Waals surface area contributed by atoms with Crippen LogP contribution in [0.25, 0.3) is 11.3 Å². The first-order chi connectivity index (χ1) is 10.5. The molecule has 2 unspecified atom stereocenters. The lowest BCUT2D eigenvalue weighted by Crippen LogP contribution is -2.58. The Hall–Kier alpha value is -1.92. The van der Waals surface area contributed by atoms with Crippen LogP contribution in [0.4, 0.5) is 5.82 Å². The first kappa shape index (κ1) is 12.6. The van der Waals surface area contributed by atoms with Crippen LogP contribution in [0, 0.1) is 17.3 Å². The molecule has 116 valence electrons. The van der Waals surface area contributed by atoms with Crippen LogP contribution in [-0.4, -0.2) is 25.8 Å². The lowest BCUT2D eigenvalue weighted by molar-refractivity contribution is -0.0480. The minimum absolute atomic E-state index is 0.0175. The predicted octanol–water partition coefficient (Wildman–Crippen LogP) is 2.08. The first-order valence-corrected chi connectivity index (χ1v) is 8.03. The number of fused-ring (bicyclic) bond motifs is 1. The van der Waals surface area contributed by atoms with Crippen molar-refractivity contribution >= 4 is 17.1 Å². The van der Waals surface area contributed by atoms with E-state index in [9.17, 15) is 4.79 Å². The van der Waals surface area contributed by atoms with Gasteiger partial charge in [-0.25, -0.2) is 4.63 Å². The Kier molecular flexibility index (Phi) is 2.22. The minimum Gasteiger partial charge on any atom is -0.360 e. The summed E-state index contributed by atoms with van der Waals surface area (Å²) in [5.41, 5.74) is 0.836. The van der Waals surface area contributed by atoms with Gasteiger partial charge in [-0.1, -0.05) is 6.92 Å². The lowest BCUT2D eigenvalue weighted by atomic mass is 9.47. The smallest absolute Gasteiger partial charge is 0.292 e. The third-order valence-corrected chi connectivity index (χ3v) is 5.87. The van der Waals surface area contributed by atoms with E-state index in [1.54, 1.807) is 0 Å². The van der Waals surface area contributed by atoms with Gasteiger partial charge in [0.25, 0.3) is 5.56 Å². The van der Waals surface area contributed by atoms with Crippen molar-refractivity contribution in [2.75, 3.05) is 5.32 Å². The first-order valence-electron chi connectivity index (χ1n) is 8.03. The highest BCUT2D eigenvalue weighted by Gasteiger charge is 2.56. The van der Waals surface area contributed by atoms with Gasteiger partial charge in [-0.15, -0.1) is 0 Å². The van der Waals surface area contributed by atoms with Crippen molar-refractivity contribution in [1.29, 1.82) is 0 Å². The van der Waals surface area contributed by atoms with Crippen LogP contribution >= 0.6 is 0 Å². The maximum atomic E-state index is 12.2. The van der Waals surface area contributed by atoms with Gasteiger partial charge < -0.3 is 5.32 Å². The summed E-state index contributed by atoms with van der Waals surface area (Å²) in [6.07, 6.45) is 7.45. The maximum Gasteiger partial charge on any atom is 0.292 e. The zero-order valence-electron chi connectivity index (χ0n) is 12.6. The van der Waals surface area contributed by atoms with Crippen molar-refractivity contribution in [2.45, 2.75) is 51.0 Å². The number of anilines is 1. The largest absolute Gasteiger partial charge is 0.360 e. The molecule has 6 rings (SSSR count). The molecule has 0 aromatic carbocycles. The van der Waals surface area contributed by atoms with Crippen LogP contribution in [0.3, 0.4) is 0 Å². The molecule has 2 N–H and O–H groups in total. The Balaban J connectivity index is 1.54. The van der Waals surface area contributed by atoms with Gasteiger partial charge in [0.05, 0.1) is 0 Å². The number of nitrogens with zero attached hydrogens (tertiary/aromatic N) is 3. The number of hydrogen-bond donors (Lipinski definition) is 2. The number of rotatable bonds is 2. The van der Waals surface area contributed by atoms with E-state index in [4.69, 9.17) is 0 Å². The van der Waals surface area contributed by atoms with Gasteiger partial charge in [0.2, 0.25) is 11.3 Å². The molecule has 4 aliphatic rings.